The highest BCUT2D eigenvalue weighted by atomic mass is 35.5. The zero-order chi connectivity index (χ0) is 17.1. The van der Waals surface area contributed by atoms with Crippen molar-refractivity contribution in [2.75, 3.05) is 24.5 Å². The van der Waals surface area contributed by atoms with Gasteiger partial charge in [0.15, 0.2) is 0 Å². The highest BCUT2D eigenvalue weighted by Crippen LogP contribution is 2.22. The van der Waals surface area contributed by atoms with Crippen molar-refractivity contribution in [3.63, 3.8) is 0 Å². The lowest BCUT2D eigenvalue weighted by Gasteiger charge is -2.23. The minimum atomic E-state index is -0.442. The summed E-state index contributed by atoms with van der Waals surface area (Å²) in [5, 5.41) is 6.15. The third-order valence-corrected chi connectivity index (χ3v) is 4.64. The number of nitrogens with zero attached hydrogens (tertiary/aromatic N) is 3. The van der Waals surface area contributed by atoms with Crippen molar-refractivity contribution in [1.29, 1.82) is 0 Å². The van der Waals surface area contributed by atoms with Crippen LogP contribution in [0.2, 0.25) is 5.02 Å². The zero-order valence-electron chi connectivity index (χ0n) is 13.5. The molecular weight excluding hydrogens is 328 g/mol. The molecule has 0 unspecified atom stereocenters. The topological polar surface area (TPSA) is 69.3 Å². The molecule has 1 aliphatic rings. The van der Waals surface area contributed by atoms with Gasteiger partial charge in [0.25, 0.3) is 5.56 Å². The van der Waals surface area contributed by atoms with Gasteiger partial charge < -0.3 is 9.80 Å². The molecule has 2 heterocycles. The number of rotatable bonds is 3. The third-order valence-electron chi connectivity index (χ3n) is 4.28. The average Bonchev–Trinajstić information content (AvgIpc) is 2.74. The normalized spacial score (nSPS) is 15.5. The number of nitrogens with one attached hydrogen (secondary N) is 1. The molecule has 1 amide bonds. The van der Waals surface area contributed by atoms with E-state index in [4.69, 9.17) is 11.6 Å². The molecule has 24 heavy (non-hydrogen) atoms. The predicted molar refractivity (Wildman–Crippen MR) is 93.3 cm³/mol. The Kier molecular flexibility index (Phi) is 4.85. The summed E-state index contributed by atoms with van der Waals surface area (Å²) < 4.78 is 0. The van der Waals surface area contributed by atoms with Gasteiger partial charge in [0.05, 0.1) is 18.4 Å². The van der Waals surface area contributed by atoms with Crippen molar-refractivity contribution < 1.29 is 4.79 Å². The van der Waals surface area contributed by atoms with Gasteiger partial charge in [-0.2, -0.15) is 5.10 Å². The quantitative estimate of drug-likeness (QED) is 0.922. The fourth-order valence-electron chi connectivity index (χ4n) is 2.88. The van der Waals surface area contributed by atoms with Crippen LogP contribution >= 0.6 is 11.6 Å². The van der Waals surface area contributed by atoms with Gasteiger partial charge in [0.1, 0.15) is 5.02 Å². The number of hydrogen-bond acceptors (Lipinski definition) is 4. The van der Waals surface area contributed by atoms with Crippen molar-refractivity contribution in [2.24, 2.45) is 0 Å². The Bertz CT molecular complexity index is 805. The van der Waals surface area contributed by atoms with Gasteiger partial charge in [-0.25, -0.2) is 5.10 Å². The molecule has 1 fully saturated rings. The van der Waals surface area contributed by atoms with Crippen LogP contribution < -0.4 is 10.5 Å². The first-order valence-corrected chi connectivity index (χ1v) is 8.24. The van der Waals surface area contributed by atoms with Gasteiger partial charge in [0.2, 0.25) is 5.91 Å². The van der Waals surface area contributed by atoms with Crippen LogP contribution in [0.1, 0.15) is 17.5 Å². The summed E-state index contributed by atoms with van der Waals surface area (Å²) in [5.41, 5.74) is 2.39. The number of hydrogen-bond donors (Lipinski definition) is 1. The summed E-state index contributed by atoms with van der Waals surface area (Å²) in [7, 11) is 0. The Morgan fingerprint density at radius 1 is 1.25 bits per heavy atom. The number of halogens is 1. The maximum Gasteiger partial charge on any atom is 0.285 e. The molecule has 1 aliphatic heterocycles. The number of carbonyl (C=O) groups excluding carboxylic acids is 1. The minimum Gasteiger partial charge on any atom is -0.359 e. The molecule has 0 radical (unpaired) electrons. The number of aryl methyl sites for hydroxylation is 1. The van der Waals surface area contributed by atoms with Crippen LogP contribution in [0.5, 0.6) is 0 Å². The smallest absolute Gasteiger partial charge is 0.285 e. The van der Waals surface area contributed by atoms with Crippen molar-refractivity contribution in [3.05, 3.63) is 57.0 Å². The van der Waals surface area contributed by atoms with E-state index in [0.717, 1.165) is 12.0 Å². The number of anilines is 1. The van der Waals surface area contributed by atoms with Crippen LogP contribution in [0, 0.1) is 6.92 Å². The van der Waals surface area contributed by atoms with E-state index < -0.39 is 5.56 Å². The predicted octanol–water partition coefficient (Wildman–Crippen LogP) is 1.97. The number of amides is 1. The molecule has 1 aromatic carbocycles. The fraction of sp³-hybridized carbons (Fsp3) is 0.353. The van der Waals surface area contributed by atoms with Gasteiger partial charge in [-0.15, -0.1) is 0 Å². The Labute approximate surface area is 145 Å². The molecule has 2 aromatic rings. The van der Waals surface area contributed by atoms with E-state index in [1.165, 1.54) is 11.8 Å². The molecule has 6 nitrogen and oxygen atoms in total. The molecule has 0 atom stereocenters. The molecule has 0 aliphatic carbocycles. The SMILES string of the molecule is Cc1ccccc1CN1CCCN(c2cn[nH]c(=O)c2Cl)CC1=O. The number of aromatic nitrogens is 2. The summed E-state index contributed by atoms with van der Waals surface area (Å²) in [6.45, 7) is 4.17. The van der Waals surface area contributed by atoms with E-state index in [9.17, 15) is 9.59 Å². The van der Waals surface area contributed by atoms with E-state index in [1.54, 1.807) is 0 Å². The standard InChI is InChI=1S/C17H19ClN4O2/c1-12-5-2-3-6-13(12)10-22-8-4-7-21(11-15(22)23)14-9-19-20-17(24)16(14)18/h2-3,5-6,9H,4,7-8,10-11H2,1H3,(H,20,24). The lowest BCUT2D eigenvalue weighted by atomic mass is 10.1. The summed E-state index contributed by atoms with van der Waals surface area (Å²) in [4.78, 5) is 27.9. The van der Waals surface area contributed by atoms with E-state index in [-0.39, 0.29) is 17.5 Å². The first kappa shape index (κ1) is 16.5. The molecule has 1 N–H and O–H groups in total. The maximum atomic E-state index is 12.6. The largest absolute Gasteiger partial charge is 0.359 e. The molecule has 0 spiro atoms. The van der Waals surface area contributed by atoms with E-state index in [2.05, 4.69) is 10.2 Å². The summed E-state index contributed by atoms with van der Waals surface area (Å²) in [5.74, 6) is 0.0205. The third kappa shape index (κ3) is 3.43. The second-order valence-corrected chi connectivity index (χ2v) is 6.29. The second kappa shape index (κ2) is 7.05. The molecule has 1 aromatic heterocycles. The van der Waals surface area contributed by atoms with E-state index in [1.807, 2.05) is 41.0 Å². The zero-order valence-corrected chi connectivity index (χ0v) is 14.2. The Balaban J connectivity index is 1.77. The maximum absolute atomic E-state index is 12.6. The van der Waals surface area contributed by atoms with E-state index >= 15 is 0 Å². The number of aromatic amines is 1. The molecule has 3 rings (SSSR count). The number of benzene rings is 1. The fourth-order valence-corrected chi connectivity index (χ4v) is 3.09. The van der Waals surface area contributed by atoms with Gasteiger partial charge in [-0.1, -0.05) is 35.9 Å². The first-order valence-electron chi connectivity index (χ1n) is 7.86. The molecule has 1 saturated heterocycles. The van der Waals surface area contributed by atoms with Crippen molar-refractivity contribution in [3.8, 4) is 0 Å². The van der Waals surface area contributed by atoms with Crippen LogP contribution in [0.4, 0.5) is 5.69 Å². The Morgan fingerprint density at radius 3 is 2.83 bits per heavy atom. The number of carbonyl (C=O) groups is 1. The van der Waals surface area contributed by atoms with Crippen LogP contribution in [0.25, 0.3) is 0 Å². The van der Waals surface area contributed by atoms with Crippen molar-refractivity contribution in [2.45, 2.75) is 19.9 Å². The molecule has 7 heteroatoms. The highest BCUT2D eigenvalue weighted by molar-refractivity contribution is 6.33. The monoisotopic (exact) mass is 346 g/mol. The van der Waals surface area contributed by atoms with Crippen molar-refractivity contribution >= 4 is 23.2 Å². The van der Waals surface area contributed by atoms with E-state index in [0.29, 0.717) is 25.3 Å². The lowest BCUT2D eigenvalue weighted by Crippen LogP contribution is -2.37. The molecular formula is C17H19ClN4O2. The average molecular weight is 347 g/mol. The van der Waals surface area contributed by atoms with Crippen molar-refractivity contribution in [1.82, 2.24) is 15.1 Å². The highest BCUT2D eigenvalue weighted by Gasteiger charge is 2.24. The summed E-state index contributed by atoms with van der Waals surface area (Å²) >= 11 is 6.06. The number of H-pyrrole nitrogens is 1. The summed E-state index contributed by atoms with van der Waals surface area (Å²) in [6.07, 6.45) is 2.30. The Hall–Kier alpha value is -2.34. The van der Waals surface area contributed by atoms with Gasteiger partial charge >= 0.3 is 0 Å². The summed E-state index contributed by atoms with van der Waals surface area (Å²) in [6, 6.07) is 8.07. The second-order valence-electron chi connectivity index (χ2n) is 5.92. The van der Waals surface area contributed by atoms with Crippen LogP contribution in [-0.4, -0.2) is 40.6 Å². The van der Waals surface area contributed by atoms with Crippen LogP contribution in [-0.2, 0) is 11.3 Å². The molecule has 0 saturated carbocycles. The minimum absolute atomic E-state index is 0.0205. The van der Waals surface area contributed by atoms with Crippen LogP contribution in [0.15, 0.2) is 35.3 Å². The van der Waals surface area contributed by atoms with Gasteiger partial charge in [-0.05, 0) is 24.5 Å². The molecule has 126 valence electrons. The van der Waals surface area contributed by atoms with Crippen LogP contribution in [0.3, 0.4) is 0 Å². The van der Waals surface area contributed by atoms with Gasteiger partial charge in [-0.3, -0.25) is 9.59 Å². The van der Waals surface area contributed by atoms with Gasteiger partial charge in [0, 0.05) is 19.6 Å². The Morgan fingerprint density at radius 2 is 2.04 bits per heavy atom. The first-order chi connectivity index (χ1) is 11.6. The lowest BCUT2D eigenvalue weighted by molar-refractivity contribution is -0.129. The molecule has 0 bridgehead atoms.